The molecule has 1 aliphatic rings. The van der Waals surface area contributed by atoms with Crippen LogP contribution in [0.1, 0.15) is 18.5 Å². The summed E-state index contributed by atoms with van der Waals surface area (Å²) in [6.45, 7) is 1.83. The molecule has 0 saturated carbocycles. The molecule has 1 aromatic carbocycles. The summed E-state index contributed by atoms with van der Waals surface area (Å²) in [4.78, 5) is 0. The molecule has 0 amide bonds. The van der Waals surface area contributed by atoms with Crippen LogP contribution in [0.4, 0.5) is 4.39 Å². The van der Waals surface area contributed by atoms with Gasteiger partial charge in [0.15, 0.2) is 0 Å². The van der Waals surface area contributed by atoms with E-state index in [1.54, 1.807) is 6.07 Å². The molecule has 0 spiro atoms. The molecule has 4 heteroatoms. The monoisotopic (exact) mass is 245 g/mol. The highest BCUT2D eigenvalue weighted by atomic mass is 79.9. The molecule has 1 heterocycles. The van der Waals surface area contributed by atoms with E-state index in [4.69, 9.17) is 10.5 Å². The first-order chi connectivity index (χ1) is 6.11. The number of rotatable bonds is 0. The molecule has 1 aromatic rings. The molecule has 0 aliphatic carbocycles. The molecule has 13 heavy (non-hydrogen) atoms. The normalized spacial score (nSPS) is 25.5. The number of nitrogens with two attached hydrogens (primary N) is 1. The van der Waals surface area contributed by atoms with Gasteiger partial charge in [0.1, 0.15) is 17.7 Å². The number of fused-ring (bicyclic) bond motifs is 1. The number of hydrogen-bond acceptors (Lipinski definition) is 2. The zero-order valence-corrected chi connectivity index (χ0v) is 8.64. The third-order valence-electron chi connectivity index (χ3n) is 2.24. The predicted molar refractivity (Wildman–Crippen MR) is 51.1 cm³/mol. The van der Waals surface area contributed by atoms with Crippen LogP contribution in [0.3, 0.4) is 0 Å². The van der Waals surface area contributed by atoms with Crippen molar-refractivity contribution in [1.29, 1.82) is 0 Å². The minimum absolute atomic E-state index is 0.164. The van der Waals surface area contributed by atoms with E-state index in [-0.39, 0.29) is 18.0 Å². The van der Waals surface area contributed by atoms with Gasteiger partial charge >= 0.3 is 0 Å². The first-order valence-corrected chi connectivity index (χ1v) is 4.80. The third kappa shape index (κ3) is 1.25. The van der Waals surface area contributed by atoms with Crippen LogP contribution < -0.4 is 10.5 Å². The Bertz CT molecular complexity index is 356. The highest BCUT2D eigenvalue weighted by Crippen LogP contribution is 2.41. The van der Waals surface area contributed by atoms with Gasteiger partial charge in [-0.05, 0) is 35.0 Å². The Morgan fingerprint density at radius 2 is 2.23 bits per heavy atom. The quantitative estimate of drug-likeness (QED) is 0.762. The second kappa shape index (κ2) is 2.96. The number of halogens is 2. The van der Waals surface area contributed by atoms with Crippen molar-refractivity contribution in [3.63, 3.8) is 0 Å². The van der Waals surface area contributed by atoms with E-state index >= 15 is 0 Å². The van der Waals surface area contributed by atoms with Crippen LogP contribution in [0.5, 0.6) is 5.75 Å². The summed E-state index contributed by atoms with van der Waals surface area (Å²) >= 11 is 3.29. The van der Waals surface area contributed by atoms with Crippen LogP contribution in [0.15, 0.2) is 16.6 Å². The Labute approximate surface area is 84.0 Å². The van der Waals surface area contributed by atoms with Crippen molar-refractivity contribution in [2.24, 2.45) is 5.73 Å². The summed E-state index contributed by atoms with van der Waals surface area (Å²) in [6.07, 6.45) is -0.164. The van der Waals surface area contributed by atoms with Crippen molar-refractivity contribution < 1.29 is 9.13 Å². The molecule has 1 aliphatic heterocycles. The first-order valence-electron chi connectivity index (χ1n) is 4.01. The van der Waals surface area contributed by atoms with Crippen molar-refractivity contribution in [3.8, 4) is 5.75 Å². The lowest BCUT2D eigenvalue weighted by molar-refractivity contribution is 0.227. The van der Waals surface area contributed by atoms with Crippen LogP contribution in [0.2, 0.25) is 0 Å². The minimum Gasteiger partial charge on any atom is -0.487 e. The largest absolute Gasteiger partial charge is 0.487 e. The van der Waals surface area contributed by atoms with Crippen molar-refractivity contribution >= 4 is 15.9 Å². The van der Waals surface area contributed by atoms with E-state index in [9.17, 15) is 4.39 Å². The second-order valence-corrected chi connectivity index (χ2v) is 3.98. The Morgan fingerprint density at radius 1 is 1.54 bits per heavy atom. The van der Waals surface area contributed by atoms with E-state index in [1.165, 1.54) is 6.07 Å². The molecule has 0 aromatic heterocycles. The molecular weight excluding hydrogens is 237 g/mol. The van der Waals surface area contributed by atoms with Crippen molar-refractivity contribution in [1.82, 2.24) is 0 Å². The fourth-order valence-corrected chi connectivity index (χ4v) is 1.91. The van der Waals surface area contributed by atoms with Gasteiger partial charge in [-0.1, -0.05) is 0 Å². The summed E-state index contributed by atoms with van der Waals surface area (Å²) in [7, 11) is 0. The lowest BCUT2D eigenvalue weighted by Crippen LogP contribution is -2.22. The molecule has 2 rings (SSSR count). The van der Waals surface area contributed by atoms with Crippen LogP contribution in [0, 0.1) is 5.82 Å². The molecule has 2 unspecified atom stereocenters. The maximum absolute atomic E-state index is 13.3. The molecule has 0 radical (unpaired) electrons. The predicted octanol–water partition coefficient (Wildman–Crippen LogP) is 2.37. The van der Waals surface area contributed by atoms with Gasteiger partial charge in [-0.3, -0.25) is 0 Å². The standard InChI is InChI=1S/C9H9BrFNO/c1-4-8(12)7-6(11)3-2-5(10)9(7)13-4/h2-4,8H,12H2,1H3. The maximum Gasteiger partial charge on any atom is 0.141 e. The third-order valence-corrected chi connectivity index (χ3v) is 2.86. The molecule has 2 nitrogen and oxygen atoms in total. The topological polar surface area (TPSA) is 35.2 Å². The van der Waals surface area contributed by atoms with Gasteiger partial charge < -0.3 is 10.5 Å². The maximum atomic E-state index is 13.3. The molecular formula is C9H9BrFNO. The van der Waals surface area contributed by atoms with E-state index in [0.717, 1.165) is 4.47 Å². The van der Waals surface area contributed by atoms with Gasteiger partial charge in [0.05, 0.1) is 16.1 Å². The zero-order valence-electron chi connectivity index (χ0n) is 7.05. The first kappa shape index (κ1) is 8.97. The average Bonchev–Trinajstić information content (AvgIpc) is 2.38. The number of ether oxygens (including phenoxy) is 1. The Balaban J connectivity index is 2.61. The van der Waals surface area contributed by atoms with Crippen LogP contribution in [-0.2, 0) is 0 Å². The Kier molecular flexibility index (Phi) is 2.04. The van der Waals surface area contributed by atoms with Crippen LogP contribution >= 0.6 is 15.9 Å². The van der Waals surface area contributed by atoms with E-state index in [1.807, 2.05) is 6.92 Å². The van der Waals surface area contributed by atoms with Crippen molar-refractivity contribution in [2.75, 3.05) is 0 Å². The fraction of sp³-hybridized carbons (Fsp3) is 0.333. The summed E-state index contributed by atoms with van der Waals surface area (Å²) in [5.41, 5.74) is 6.25. The molecule has 2 N–H and O–H groups in total. The molecule has 0 fully saturated rings. The molecule has 70 valence electrons. The lowest BCUT2D eigenvalue weighted by atomic mass is 10.1. The summed E-state index contributed by atoms with van der Waals surface area (Å²) in [5, 5.41) is 0. The van der Waals surface area contributed by atoms with Crippen LogP contribution in [-0.4, -0.2) is 6.10 Å². The second-order valence-electron chi connectivity index (χ2n) is 3.12. The van der Waals surface area contributed by atoms with Gasteiger partial charge in [0, 0.05) is 0 Å². The lowest BCUT2D eigenvalue weighted by Gasteiger charge is -2.07. The molecule has 0 saturated heterocycles. The van der Waals surface area contributed by atoms with E-state index in [2.05, 4.69) is 15.9 Å². The fourth-order valence-electron chi connectivity index (χ4n) is 1.47. The molecule has 0 bridgehead atoms. The van der Waals surface area contributed by atoms with Gasteiger partial charge in [-0.25, -0.2) is 4.39 Å². The Hall–Kier alpha value is -0.610. The smallest absolute Gasteiger partial charge is 0.141 e. The summed E-state index contributed by atoms with van der Waals surface area (Å²) < 4.78 is 19.5. The number of benzene rings is 1. The Morgan fingerprint density at radius 3 is 2.85 bits per heavy atom. The SMILES string of the molecule is CC1Oc2c(Br)ccc(F)c2C1N. The van der Waals surface area contributed by atoms with Gasteiger partial charge in [-0.2, -0.15) is 0 Å². The highest BCUT2D eigenvalue weighted by molar-refractivity contribution is 9.10. The van der Waals surface area contributed by atoms with E-state index in [0.29, 0.717) is 11.3 Å². The van der Waals surface area contributed by atoms with Crippen LogP contribution in [0.25, 0.3) is 0 Å². The summed E-state index contributed by atoms with van der Waals surface area (Å²) in [6, 6.07) is 2.65. The van der Waals surface area contributed by atoms with E-state index < -0.39 is 0 Å². The minimum atomic E-state index is -0.368. The van der Waals surface area contributed by atoms with Crippen molar-refractivity contribution in [2.45, 2.75) is 19.1 Å². The molecule has 2 atom stereocenters. The summed E-state index contributed by atoms with van der Waals surface area (Å²) in [5.74, 6) is 0.245. The van der Waals surface area contributed by atoms with Gasteiger partial charge in [0.2, 0.25) is 0 Å². The van der Waals surface area contributed by atoms with Gasteiger partial charge in [-0.15, -0.1) is 0 Å². The number of hydrogen-bond donors (Lipinski definition) is 1. The highest BCUT2D eigenvalue weighted by Gasteiger charge is 2.32. The van der Waals surface area contributed by atoms with Gasteiger partial charge in [0.25, 0.3) is 0 Å². The zero-order chi connectivity index (χ0) is 9.59. The van der Waals surface area contributed by atoms with Crippen molar-refractivity contribution in [3.05, 3.63) is 28.0 Å². The average molecular weight is 246 g/mol.